The SMILES string of the molecule is CC(Nc1cccc(F)c1)C1CC2C=CC1C2. The fourth-order valence-electron chi connectivity index (χ4n) is 3.35. The van der Waals surface area contributed by atoms with Gasteiger partial charge in [0.05, 0.1) is 0 Å². The first-order valence-corrected chi connectivity index (χ1v) is 6.43. The number of halogens is 1. The maximum Gasteiger partial charge on any atom is 0.125 e. The molecule has 17 heavy (non-hydrogen) atoms. The summed E-state index contributed by atoms with van der Waals surface area (Å²) < 4.78 is 13.1. The van der Waals surface area contributed by atoms with Gasteiger partial charge in [-0.2, -0.15) is 0 Å². The first kappa shape index (κ1) is 10.8. The Bertz CT molecular complexity index is 440. The van der Waals surface area contributed by atoms with Crippen LogP contribution in [0.3, 0.4) is 0 Å². The average molecular weight is 231 g/mol. The lowest BCUT2D eigenvalue weighted by molar-refractivity contribution is 0.400. The highest BCUT2D eigenvalue weighted by atomic mass is 19.1. The molecular formula is C15H18FN. The number of benzene rings is 1. The summed E-state index contributed by atoms with van der Waals surface area (Å²) in [5.74, 6) is 2.06. The molecule has 2 aliphatic rings. The smallest absolute Gasteiger partial charge is 0.125 e. The Morgan fingerprint density at radius 3 is 2.82 bits per heavy atom. The van der Waals surface area contributed by atoms with Gasteiger partial charge in [0.25, 0.3) is 0 Å². The van der Waals surface area contributed by atoms with Crippen LogP contribution in [0.1, 0.15) is 19.8 Å². The van der Waals surface area contributed by atoms with Crippen LogP contribution in [0, 0.1) is 23.6 Å². The van der Waals surface area contributed by atoms with Gasteiger partial charge in [-0.25, -0.2) is 4.39 Å². The van der Waals surface area contributed by atoms with Gasteiger partial charge in [0.15, 0.2) is 0 Å². The van der Waals surface area contributed by atoms with E-state index in [-0.39, 0.29) is 5.82 Å². The van der Waals surface area contributed by atoms with Crippen molar-refractivity contribution >= 4 is 5.69 Å². The molecule has 0 spiro atoms. The Morgan fingerprint density at radius 1 is 1.29 bits per heavy atom. The molecule has 90 valence electrons. The summed E-state index contributed by atoms with van der Waals surface area (Å²) in [7, 11) is 0. The van der Waals surface area contributed by atoms with Gasteiger partial charge in [-0.15, -0.1) is 0 Å². The lowest BCUT2D eigenvalue weighted by Crippen LogP contribution is -2.28. The third-order valence-electron chi connectivity index (χ3n) is 4.19. The maximum atomic E-state index is 13.1. The molecule has 3 rings (SSSR count). The standard InChI is InChI=1S/C15H18FN/c1-10(15-8-11-5-6-12(15)7-11)17-14-4-2-3-13(16)9-14/h2-6,9-12,15,17H,7-8H2,1H3. The van der Waals surface area contributed by atoms with Crippen LogP contribution >= 0.6 is 0 Å². The fraction of sp³-hybridized carbons (Fsp3) is 0.467. The molecular weight excluding hydrogens is 213 g/mol. The molecule has 4 atom stereocenters. The minimum atomic E-state index is -0.171. The van der Waals surface area contributed by atoms with Crippen molar-refractivity contribution in [1.29, 1.82) is 0 Å². The van der Waals surface area contributed by atoms with E-state index in [1.165, 1.54) is 18.9 Å². The summed E-state index contributed by atoms with van der Waals surface area (Å²) in [5.41, 5.74) is 0.893. The number of nitrogens with one attached hydrogen (secondary N) is 1. The number of hydrogen-bond acceptors (Lipinski definition) is 1. The number of rotatable bonds is 3. The lowest BCUT2D eigenvalue weighted by Gasteiger charge is -2.27. The number of hydrogen-bond donors (Lipinski definition) is 1. The van der Waals surface area contributed by atoms with Gasteiger partial charge in [0.1, 0.15) is 5.82 Å². The van der Waals surface area contributed by atoms with Gasteiger partial charge in [-0.3, -0.25) is 0 Å². The second-order valence-corrected chi connectivity index (χ2v) is 5.39. The van der Waals surface area contributed by atoms with Crippen LogP contribution in [0.2, 0.25) is 0 Å². The van der Waals surface area contributed by atoms with Crippen LogP contribution in [0.5, 0.6) is 0 Å². The number of anilines is 1. The monoisotopic (exact) mass is 231 g/mol. The average Bonchev–Trinajstić information content (AvgIpc) is 2.90. The minimum Gasteiger partial charge on any atom is -0.382 e. The third-order valence-corrected chi connectivity index (χ3v) is 4.19. The van der Waals surface area contributed by atoms with Crippen molar-refractivity contribution in [1.82, 2.24) is 0 Å². The molecule has 1 aromatic carbocycles. The molecule has 0 heterocycles. The van der Waals surface area contributed by atoms with Crippen LogP contribution in [-0.4, -0.2) is 6.04 Å². The van der Waals surface area contributed by atoms with Crippen LogP contribution in [0.4, 0.5) is 10.1 Å². The Kier molecular flexibility index (Phi) is 2.65. The molecule has 2 heteroatoms. The van der Waals surface area contributed by atoms with Crippen molar-refractivity contribution in [3.05, 3.63) is 42.2 Å². The molecule has 0 saturated heterocycles. The highest BCUT2D eigenvalue weighted by molar-refractivity contribution is 5.44. The Balaban J connectivity index is 1.67. The topological polar surface area (TPSA) is 12.0 Å². The van der Waals surface area contributed by atoms with Gasteiger partial charge in [0, 0.05) is 11.7 Å². The van der Waals surface area contributed by atoms with Crippen molar-refractivity contribution < 1.29 is 4.39 Å². The highest BCUT2D eigenvalue weighted by Gasteiger charge is 2.38. The molecule has 1 nitrogen and oxygen atoms in total. The van der Waals surface area contributed by atoms with E-state index < -0.39 is 0 Å². The van der Waals surface area contributed by atoms with E-state index in [1.807, 2.05) is 6.07 Å². The zero-order valence-electron chi connectivity index (χ0n) is 10.1. The van der Waals surface area contributed by atoms with E-state index in [0.29, 0.717) is 12.0 Å². The van der Waals surface area contributed by atoms with Crippen molar-refractivity contribution in [2.45, 2.75) is 25.8 Å². The van der Waals surface area contributed by atoms with Gasteiger partial charge < -0.3 is 5.32 Å². The molecule has 0 aliphatic heterocycles. The molecule has 1 saturated carbocycles. The van der Waals surface area contributed by atoms with E-state index in [0.717, 1.165) is 17.5 Å². The third kappa shape index (κ3) is 2.08. The number of fused-ring (bicyclic) bond motifs is 2. The molecule has 1 aromatic rings. The van der Waals surface area contributed by atoms with Gasteiger partial charge >= 0.3 is 0 Å². The van der Waals surface area contributed by atoms with Crippen molar-refractivity contribution in [3.8, 4) is 0 Å². The summed E-state index contributed by atoms with van der Waals surface area (Å²) in [6.45, 7) is 2.21. The van der Waals surface area contributed by atoms with Crippen molar-refractivity contribution in [2.75, 3.05) is 5.32 Å². The lowest BCUT2D eigenvalue weighted by atomic mass is 9.87. The Hall–Kier alpha value is -1.31. The van der Waals surface area contributed by atoms with E-state index in [4.69, 9.17) is 0 Å². The van der Waals surface area contributed by atoms with Gasteiger partial charge in [-0.05, 0) is 55.7 Å². The molecule has 0 radical (unpaired) electrons. The molecule has 0 amide bonds. The van der Waals surface area contributed by atoms with Crippen LogP contribution in [-0.2, 0) is 0 Å². The molecule has 2 bridgehead atoms. The molecule has 1 fully saturated rings. The molecule has 1 N–H and O–H groups in total. The summed E-state index contributed by atoms with van der Waals surface area (Å²) in [6.07, 6.45) is 7.32. The van der Waals surface area contributed by atoms with Gasteiger partial charge in [0.2, 0.25) is 0 Å². The number of allylic oxidation sites excluding steroid dienone is 2. The van der Waals surface area contributed by atoms with E-state index in [9.17, 15) is 4.39 Å². The summed E-state index contributed by atoms with van der Waals surface area (Å²) in [4.78, 5) is 0. The zero-order chi connectivity index (χ0) is 11.8. The first-order chi connectivity index (χ1) is 8.22. The van der Waals surface area contributed by atoms with Crippen LogP contribution in [0.25, 0.3) is 0 Å². The Morgan fingerprint density at radius 2 is 2.18 bits per heavy atom. The Labute approximate surface area is 102 Å². The zero-order valence-corrected chi connectivity index (χ0v) is 10.1. The summed E-state index contributed by atoms with van der Waals surface area (Å²) in [5, 5.41) is 3.44. The second-order valence-electron chi connectivity index (χ2n) is 5.39. The molecule has 0 aromatic heterocycles. The fourth-order valence-corrected chi connectivity index (χ4v) is 3.35. The summed E-state index contributed by atoms with van der Waals surface area (Å²) in [6, 6.07) is 7.15. The highest BCUT2D eigenvalue weighted by Crippen LogP contribution is 2.45. The van der Waals surface area contributed by atoms with Crippen molar-refractivity contribution in [3.63, 3.8) is 0 Å². The second kappa shape index (κ2) is 4.17. The largest absolute Gasteiger partial charge is 0.382 e. The molecule has 2 aliphatic carbocycles. The van der Waals surface area contributed by atoms with E-state index in [2.05, 4.69) is 24.4 Å². The quantitative estimate of drug-likeness (QED) is 0.779. The van der Waals surface area contributed by atoms with Crippen LogP contribution in [0.15, 0.2) is 36.4 Å². The predicted octanol–water partition coefficient (Wildman–Crippen LogP) is 3.84. The normalized spacial score (nSPS) is 31.8. The van der Waals surface area contributed by atoms with Crippen molar-refractivity contribution in [2.24, 2.45) is 17.8 Å². The summed E-state index contributed by atoms with van der Waals surface area (Å²) >= 11 is 0. The van der Waals surface area contributed by atoms with E-state index >= 15 is 0 Å². The minimum absolute atomic E-state index is 0.171. The predicted molar refractivity (Wildman–Crippen MR) is 68.3 cm³/mol. The van der Waals surface area contributed by atoms with E-state index in [1.54, 1.807) is 12.1 Å². The van der Waals surface area contributed by atoms with Gasteiger partial charge in [-0.1, -0.05) is 18.2 Å². The molecule has 4 unspecified atom stereocenters. The first-order valence-electron chi connectivity index (χ1n) is 6.43. The maximum absolute atomic E-state index is 13.1. The van der Waals surface area contributed by atoms with Crippen LogP contribution < -0.4 is 5.32 Å².